The first-order chi connectivity index (χ1) is 11.6. The van der Waals surface area contributed by atoms with Gasteiger partial charge in [0.2, 0.25) is 0 Å². The second kappa shape index (κ2) is 7.24. The van der Waals surface area contributed by atoms with Gasteiger partial charge in [-0.25, -0.2) is 26.7 Å². The summed E-state index contributed by atoms with van der Waals surface area (Å²) in [5.41, 5.74) is -2.34. The van der Waals surface area contributed by atoms with Crippen LogP contribution < -0.4 is 10.6 Å². The molecule has 132 valence electrons. The van der Waals surface area contributed by atoms with Crippen LogP contribution >= 0.6 is 23.2 Å². The van der Waals surface area contributed by atoms with Crippen LogP contribution in [0.5, 0.6) is 0 Å². The Kier molecular flexibility index (Phi) is 5.48. The van der Waals surface area contributed by atoms with Gasteiger partial charge < -0.3 is 5.32 Å². The molecule has 0 saturated carbocycles. The number of hydrogen-bond donors (Lipinski definition) is 2. The lowest BCUT2D eigenvalue weighted by molar-refractivity contribution is 0.0959. The Balaban J connectivity index is 2.26. The number of benzene rings is 2. The predicted molar refractivity (Wildman–Crippen MR) is 79.2 cm³/mol. The molecular weight excluding hydrogens is 394 g/mol. The quantitative estimate of drug-likeness (QED) is 0.439. The zero-order valence-electron chi connectivity index (χ0n) is 11.7. The van der Waals surface area contributed by atoms with Crippen LogP contribution in [-0.2, 0) is 0 Å². The molecule has 0 spiro atoms. The highest BCUT2D eigenvalue weighted by Crippen LogP contribution is 2.35. The lowest BCUT2D eigenvalue weighted by Crippen LogP contribution is -2.36. The van der Waals surface area contributed by atoms with E-state index in [4.69, 9.17) is 23.2 Å². The summed E-state index contributed by atoms with van der Waals surface area (Å²) in [7, 11) is 0. The third kappa shape index (κ3) is 3.67. The second-order valence-electron chi connectivity index (χ2n) is 4.45. The van der Waals surface area contributed by atoms with Gasteiger partial charge in [-0.05, 0) is 12.1 Å². The van der Waals surface area contributed by atoms with E-state index in [0.29, 0.717) is 0 Å². The molecule has 0 radical (unpaired) electrons. The van der Waals surface area contributed by atoms with Crippen molar-refractivity contribution >= 4 is 40.8 Å². The van der Waals surface area contributed by atoms with Crippen LogP contribution in [0.15, 0.2) is 18.2 Å². The van der Waals surface area contributed by atoms with E-state index in [2.05, 4.69) is 0 Å². The molecule has 0 unspecified atom stereocenters. The van der Waals surface area contributed by atoms with Crippen LogP contribution in [0.4, 0.5) is 32.4 Å². The number of nitrogens with one attached hydrogen (secondary N) is 2. The summed E-state index contributed by atoms with van der Waals surface area (Å²) in [6.45, 7) is 0. The highest BCUT2D eigenvalue weighted by atomic mass is 35.5. The topological polar surface area (TPSA) is 58.2 Å². The fourth-order valence-corrected chi connectivity index (χ4v) is 2.17. The molecule has 0 aliphatic carbocycles. The average Bonchev–Trinajstić information content (AvgIpc) is 2.55. The number of imide groups is 1. The number of amides is 3. The molecule has 2 N–H and O–H groups in total. The number of hydrogen-bond acceptors (Lipinski definition) is 2. The highest BCUT2D eigenvalue weighted by molar-refractivity contribution is 6.35. The van der Waals surface area contributed by atoms with Crippen molar-refractivity contribution < 1.29 is 31.5 Å². The Hall–Kier alpha value is -2.39. The minimum atomic E-state index is -1.69. The molecule has 2 aromatic carbocycles. The average molecular weight is 399 g/mol. The highest BCUT2D eigenvalue weighted by Gasteiger charge is 2.26. The van der Waals surface area contributed by atoms with E-state index in [1.54, 1.807) is 0 Å². The van der Waals surface area contributed by atoms with Gasteiger partial charge in [-0.1, -0.05) is 29.3 Å². The van der Waals surface area contributed by atoms with Crippen molar-refractivity contribution in [2.24, 2.45) is 0 Å². The molecule has 0 aliphatic heterocycles. The smallest absolute Gasteiger partial charge is 0.302 e. The summed E-state index contributed by atoms with van der Waals surface area (Å²) in [5, 5.41) is 0.576. The number of urea groups is 1. The van der Waals surface area contributed by atoms with Crippen LogP contribution in [0, 0.1) is 29.1 Å². The minimum Gasteiger partial charge on any atom is -0.302 e. The van der Waals surface area contributed by atoms with Gasteiger partial charge in [-0.3, -0.25) is 10.1 Å². The van der Waals surface area contributed by atoms with Gasteiger partial charge in [-0.2, -0.15) is 0 Å². The number of anilines is 1. The summed E-state index contributed by atoms with van der Waals surface area (Å²) in [6.07, 6.45) is 0. The Morgan fingerprint density at radius 1 is 0.840 bits per heavy atom. The molecule has 0 saturated heterocycles. The van der Waals surface area contributed by atoms with Crippen molar-refractivity contribution in [3.05, 3.63) is 62.9 Å². The maximum atomic E-state index is 13.7. The van der Waals surface area contributed by atoms with Gasteiger partial charge in [0, 0.05) is 0 Å². The molecule has 4 nitrogen and oxygen atoms in total. The molecule has 0 aliphatic rings. The Morgan fingerprint density at radius 2 is 1.32 bits per heavy atom. The van der Waals surface area contributed by atoms with E-state index >= 15 is 0 Å². The molecular formula is C14H5Cl2F5N2O2. The van der Waals surface area contributed by atoms with Gasteiger partial charge in [0.25, 0.3) is 5.91 Å². The second-order valence-corrected chi connectivity index (χ2v) is 5.21. The van der Waals surface area contributed by atoms with Crippen molar-refractivity contribution in [2.45, 2.75) is 0 Å². The largest absolute Gasteiger partial charge is 0.326 e. The fourth-order valence-electron chi connectivity index (χ4n) is 1.74. The SMILES string of the molecule is O=C(NC(=O)c1c(F)cccc1F)Nc1c(F)c(Cl)c(F)c(Cl)c1F. The van der Waals surface area contributed by atoms with Gasteiger partial charge in [0.05, 0.1) is 0 Å². The summed E-state index contributed by atoms with van der Waals surface area (Å²) in [6, 6.07) is 0.933. The van der Waals surface area contributed by atoms with Crippen molar-refractivity contribution in [2.75, 3.05) is 5.32 Å². The summed E-state index contributed by atoms with van der Waals surface area (Å²) < 4.78 is 67.6. The zero-order valence-corrected chi connectivity index (χ0v) is 13.2. The van der Waals surface area contributed by atoms with Crippen LogP contribution in [0.25, 0.3) is 0 Å². The zero-order chi connectivity index (χ0) is 18.9. The van der Waals surface area contributed by atoms with E-state index in [9.17, 15) is 31.5 Å². The number of halogens is 7. The van der Waals surface area contributed by atoms with E-state index in [1.165, 1.54) is 10.6 Å². The number of rotatable bonds is 2. The van der Waals surface area contributed by atoms with E-state index in [1.807, 2.05) is 0 Å². The Labute approximate surface area is 146 Å². The van der Waals surface area contributed by atoms with Crippen LogP contribution in [0.1, 0.15) is 10.4 Å². The van der Waals surface area contributed by atoms with Crippen molar-refractivity contribution in [1.82, 2.24) is 5.32 Å². The summed E-state index contributed by atoms with van der Waals surface area (Å²) in [5.74, 6) is -9.03. The normalized spacial score (nSPS) is 10.5. The molecule has 2 rings (SSSR count). The molecule has 11 heteroatoms. The Bertz CT molecular complexity index is 843. The molecule has 25 heavy (non-hydrogen) atoms. The third-order valence-corrected chi connectivity index (χ3v) is 3.53. The van der Waals surface area contributed by atoms with Crippen molar-refractivity contribution in [3.8, 4) is 0 Å². The van der Waals surface area contributed by atoms with E-state index < -0.39 is 62.3 Å². The monoisotopic (exact) mass is 398 g/mol. The first-order valence-electron chi connectivity index (χ1n) is 6.23. The lowest BCUT2D eigenvalue weighted by Gasteiger charge is -2.11. The standard InChI is InChI=1S/C14H5Cl2F5N2O2/c15-7-9(19)8(16)11(21)12(10(7)20)22-14(25)23-13(24)6-4(17)2-1-3-5(6)18/h1-3H,(H2,22,23,24,25). The van der Waals surface area contributed by atoms with Gasteiger partial charge in [0.1, 0.15) is 32.9 Å². The van der Waals surface area contributed by atoms with Gasteiger partial charge in [-0.15, -0.1) is 0 Å². The fraction of sp³-hybridized carbons (Fsp3) is 0. The third-order valence-electron chi connectivity index (χ3n) is 2.87. The van der Waals surface area contributed by atoms with E-state index in [-0.39, 0.29) is 0 Å². The summed E-state index contributed by atoms with van der Waals surface area (Å²) >= 11 is 10.5. The molecule has 0 aromatic heterocycles. The first-order valence-corrected chi connectivity index (χ1v) is 6.98. The van der Waals surface area contributed by atoms with Crippen LogP contribution in [0.2, 0.25) is 10.0 Å². The van der Waals surface area contributed by atoms with Crippen molar-refractivity contribution in [1.29, 1.82) is 0 Å². The molecule has 0 heterocycles. The molecule has 0 atom stereocenters. The maximum Gasteiger partial charge on any atom is 0.326 e. The molecule has 0 bridgehead atoms. The first kappa shape index (κ1) is 18.9. The lowest BCUT2D eigenvalue weighted by atomic mass is 10.2. The van der Waals surface area contributed by atoms with Gasteiger partial charge in [0.15, 0.2) is 17.5 Å². The van der Waals surface area contributed by atoms with Crippen LogP contribution in [-0.4, -0.2) is 11.9 Å². The number of carbonyl (C=O) groups excluding carboxylic acids is 2. The maximum absolute atomic E-state index is 13.7. The van der Waals surface area contributed by atoms with E-state index in [0.717, 1.165) is 18.2 Å². The minimum absolute atomic E-state index is 0.759. The molecule has 0 fully saturated rings. The van der Waals surface area contributed by atoms with Gasteiger partial charge >= 0.3 is 6.03 Å². The van der Waals surface area contributed by atoms with Crippen molar-refractivity contribution in [3.63, 3.8) is 0 Å². The Morgan fingerprint density at radius 3 is 1.80 bits per heavy atom. The van der Waals surface area contributed by atoms with Crippen LogP contribution in [0.3, 0.4) is 0 Å². The number of carbonyl (C=O) groups is 2. The molecule has 3 amide bonds. The molecule has 2 aromatic rings. The summed E-state index contributed by atoms with van der Waals surface area (Å²) in [4.78, 5) is 23.3. The predicted octanol–water partition coefficient (Wildman–Crippen LogP) is 4.65.